The Labute approximate surface area is 116 Å². The molecule has 5 heteroatoms. The first-order valence-electron chi connectivity index (χ1n) is 5.97. The highest BCUT2D eigenvalue weighted by Crippen LogP contribution is 2.27. The number of hydrogen-bond donors (Lipinski definition) is 2. The third-order valence-corrected chi connectivity index (χ3v) is 2.97. The monoisotopic (exact) mass is 273 g/mol. The van der Waals surface area contributed by atoms with Crippen LogP contribution in [0.25, 0.3) is 0 Å². The molecule has 5 nitrogen and oxygen atoms in total. The van der Waals surface area contributed by atoms with E-state index in [4.69, 9.17) is 4.74 Å². The first-order valence-corrected chi connectivity index (χ1v) is 5.97. The molecule has 0 radical (unpaired) electrons. The smallest absolute Gasteiger partial charge is 0.258 e. The van der Waals surface area contributed by atoms with Gasteiger partial charge in [-0.3, -0.25) is 4.79 Å². The lowest BCUT2D eigenvalue weighted by atomic mass is 10.1. The van der Waals surface area contributed by atoms with Gasteiger partial charge in [0.15, 0.2) is 11.5 Å². The Hall–Kier alpha value is -2.69. The molecule has 104 valence electrons. The van der Waals surface area contributed by atoms with Crippen molar-refractivity contribution in [3.63, 3.8) is 0 Å². The maximum Gasteiger partial charge on any atom is 0.258 e. The Kier molecular flexibility index (Phi) is 3.79. The summed E-state index contributed by atoms with van der Waals surface area (Å²) < 4.78 is 5.11. The minimum absolute atomic E-state index is 0.259. The number of benzene rings is 2. The number of phenols is 2. The van der Waals surface area contributed by atoms with Crippen molar-refractivity contribution < 1.29 is 19.7 Å². The third-order valence-electron chi connectivity index (χ3n) is 2.97. The number of aromatic hydroxyl groups is 2. The summed E-state index contributed by atoms with van der Waals surface area (Å²) in [5.41, 5.74) is 0.951. The molecule has 0 aliphatic rings. The van der Waals surface area contributed by atoms with Gasteiger partial charge in [-0.1, -0.05) is 6.07 Å². The Bertz CT molecular complexity index is 640. The van der Waals surface area contributed by atoms with E-state index in [0.717, 1.165) is 0 Å². The highest BCUT2D eigenvalue weighted by Gasteiger charge is 2.15. The fourth-order valence-electron chi connectivity index (χ4n) is 1.79. The van der Waals surface area contributed by atoms with Gasteiger partial charge in [-0.15, -0.1) is 0 Å². The van der Waals surface area contributed by atoms with Crippen LogP contribution < -0.4 is 9.64 Å². The number of hydrogen-bond acceptors (Lipinski definition) is 4. The predicted molar refractivity (Wildman–Crippen MR) is 75.5 cm³/mol. The normalized spacial score (nSPS) is 10.1. The molecule has 2 aromatic carbocycles. The van der Waals surface area contributed by atoms with Crippen LogP contribution in [-0.4, -0.2) is 30.3 Å². The van der Waals surface area contributed by atoms with E-state index in [1.165, 1.54) is 23.1 Å². The van der Waals surface area contributed by atoms with E-state index in [-0.39, 0.29) is 23.0 Å². The number of methoxy groups -OCH3 is 1. The van der Waals surface area contributed by atoms with Gasteiger partial charge >= 0.3 is 0 Å². The van der Waals surface area contributed by atoms with Crippen molar-refractivity contribution in [3.05, 3.63) is 48.0 Å². The van der Waals surface area contributed by atoms with Gasteiger partial charge in [0.05, 0.1) is 7.11 Å². The van der Waals surface area contributed by atoms with Crippen LogP contribution in [0.5, 0.6) is 17.2 Å². The second-order valence-electron chi connectivity index (χ2n) is 4.27. The van der Waals surface area contributed by atoms with E-state index in [9.17, 15) is 15.0 Å². The predicted octanol–water partition coefficient (Wildman–Crippen LogP) is 2.38. The second-order valence-corrected chi connectivity index (χ2v) is 4.27. The average Bonchev–Trinajstić information content (AvgIpc) is 2.48. The van der Waals surface area contributed by atoms with E-state index in [2.05, 4.69) is 0 Å². The highest BCUT2D eigenvalue weighted by atomic mass is 16.5. The standard InChI is InChI=1S/C15H15NO4/c1-16(11-4-3-5-12(9-11)20-2)15(19)10-6-7-13(17)14(18)8-10/h3-9,17-18H,1-2H3. The summed E-state index contributed by atoms with van der Waals surface area (Å²) in [7, 11) is 3.18. The number of carbonyl (C=O) groups is 1. The van der Waals surface area contributed by atoms with Crippen LogP contribution in [-0.2, 0) is 0 Å². The van der Waals surface area contributed by atoms with Gasteiger partial charge in [0.1, 0.15) is 5.75 Å². The molecule has 0 aromatic heterocycles. The van der Waals surface area contributed by atoms with Crippen LogP contribution in [0, 0.1) is 0 Å². The van der Waals surface area contributed by atoms with E-state index in [1.54, 1.807) is 38.4 Å². The zero-order valence-electron chi connectivity index (χ0n) is 11.2. The van der Waals surface area contributed by atoms with Crippen molar-refractivity contribution in [1.82, 2.24) is 0 Å². The topological polar surface area (TPSA) is 70.0 Å². The number of ether oxygens (including phenoxy) is 1. The van der Waals surface area contributed by atoms with Gasteiger partial charge < -0.3 is 19.8 Å². The molecule has 0 atom stereocenters. The van der Waals surface area contributed by atoms with Crippen molar-refractivity contribution >= 4 is 11.6 Å². The summed E-state index contributed by atoms with van der Waals surface area (Å²) >= 11 is 0. The summed E-state index contributed by atoms with van der Waals surface area (Å²) in [6.07, 6.45) is 0. The average molecular weight is 273 g/mol. The molecule has 2 rings (SSSR count). The Morgan fingerprint density at radius 2 is 1.85 bits per heavy atom. The molecular formula is C15H15NO4. The molecule has 0 aliphatic heterocycles. The largest absolute Gasteiger partial charge is 0.504 e. The van der Waals surface area contributed by atoms with Crippen LogP contribution in [0.4, 0.5) is 5.69 Å². The molecule has 0 bridgehead atoms. The minimum Gasteiger partial charge on any atom is -0.504 e. The first kappa shape index (κ1) is 13.7. The number of amides is 1. The number of nitrogens with zero attached hydrogens (tertiary/aromatic N) is 1. The SMILES string of the molecule is COc1cccc(N(C)C(=O)c2ccc(O)c(O)c2)c1. The molecule has 0 aliphatic carbocycles. The summed E-state index contributed by atoms with van der Waals surface area (Å²) in [4.78, 5) is 13.7. The van der Waals surface area contributed by atoms with Gasteiger partial charge in [-0.2, -0.15) is 0 Å². The number of anilines is 1. The molecule has 20 heavy (non-hydrogen) atoms. The molecule has 1 amide bonds. The zero-order chi connectivity index (χ0) is 14.7. The van der Waals surface area contributed by atoms with Gasteiger partial charge in [0, 0.05) is 24.4 Å². The summed E-state index contributed by atoms with van der Waals surface area (Å²) in [6.45, 7) is 0. The molecular weight excluding hydrogens is 258 g/mol. The minimum atomic E-state index is -0.324. The number of phenolic OH excluding ortho intramolecular Hbond substituents is 2. The lowest BCUT2D eigenvalue weighted by Crippen LogP contribution is -2.26. The molecule has 0 saturated carbocycles. The van der Waals surface area contributed by atoms with E-state index < -0.39 is 0 Å². The fourth-order valence-corrected chi connectivity index (χ4v) is 1.79. The van der Waals surface area contributed by atoms with Gasteiger partial charge in [-0.05, 0) is 30.3 Å². The Balaban J connectivity index is 2.29. The molecule has 2 N–H and O–H groups in total. The van der Waals surface area contributed by atoms with Crippen LogP contribution in [0.2, 0.25) is 0 Å². The van der Waals surface area contributed by atoms with E-state index in [1.807, 2.05) is 0 Å². The van der Waals surface area contributed by atoms with Crippen molar-refractivity contribution in [3.8, 4) is 17.2 Å². The van der Waals surface area contributed by atoms with Gasteiger partial charge in [0.2, 0.25) is 0 Å². The van der Waals surface area contributed by atoms with Crippen LogP contribution in [0.3, 0.4) is 0 Å². The van der Waals surface area contributed by atoms with Crippen LogP contribution in [0.15, 0.2) is 42.5 Å². The van der Waals surface area contributed by atoms with E-state index >= 15 is 0 Å². The molecule has 0 saturated heterocycles. The van der Waals surface area contributed by atoms with Crippen molar-refractivity contribution in [2.24, 2.45) is 0 Å². The molecule has 0 heterocycles. The fraction of sp³-hybridized carbons (Fsp3) is 0.133. The van der Waals surface area contributed by atoms with Crippen molar-refractivity contribution in [1.29, 1.82) is 0 Å². The third kappa shape index (κ3) is 2.66. The molecule has 0 fully saturated rings. The zero-order valence-corrected chi connectivity index (χ0v) is 11.2. The summed E-state index contributed by atoms with van der Waals surface area (Å²) in [6, 6.07) is 11.0. The maximum absolute atomic E-state index is 12.3. The lowest BCUT2D eigenvalue weighted by molar-refractivity contribution is 0.0992. The maximum atomic E-state index is 12.3. The number of rotatable bonds is 3. The number of carbonyl (C=O) groups excluding carboxylic acids is 1. The summed E-state index contributed by atoms with van der Waals surface area (Å²) in [5, 5.41) is 18.7. The van der Waals surface area contributed by atoms with E-state index in [0.29, 0.717) is 11.4 Å². The van der Waals surface area contributed by atoms with Crippen LogP contribution >= 0.6 is 0 Å². The Morgan fingerprint density at radius 1 is 1.10 bits per heavy atom. The van der Waals surface area contributed by atoms with Crippen LogP contribution in [0.1, 0.15) is 10.4 Å². The molecule has 2 aromatic rings. The lowest BCUT2D eigenvalue weighted by Gasteiger charge is -2.18. The second kappa shape index (κ2) is 5.52. The molecule has 0 unspecified atom stereocenters. The van der Waals surface area contributed by atoms with Crippen molar-refractivity contribution in [2.45, 2.75) is 0 Å². The Morgan fingerprint density at radius 3 is 2.50 bits per heavy atom. The summed E-state index contributed by atoms with van der Waals surface area (Å²) in [5.74, 6) is -0.232. The quantitative estimate of drug-likeness (QED) is 0.842. The van der Waals surface area contributed by atoms with Gasteiger partial charge in [0.25, 0.3) is 5.91 Å². The molecule has 0 spiro atoms. The first-order chi connectivity index (χ1) is 9.52. The van der Waals surface area contributed by atoms with Crippen molar-refractivity contribution in [2.75, 3.05) is 19.1 Å². The van der Waals surface area contributed by atoms with Gasteiger partial charge in [-0.25, -0.2) is 0 Å². The highest BCUT2D eigenvalue weighted by molar-refractivity contribution is 6.06.